The lowest BCUT2D eigenvalue weighted by Gasteiger charge is -2.39. The van der Waals surface area contributed by atoms with Gasteiger partial charge in [0.25, 0.3) is 0 Å². The number of methoxy groups -OCH3 is 2. The van der Waals surface area contributed by atoms with Gasteiger partial charge in [0, 0.05) is 18.3 Å². The highest BCUT2D eigenvalue weighted by atomic mass is 32.2. The summed E-state index contributed by atoms with van der Waals surface area (Å²) < 4.78 is 38.8. The van der Waals surface area contributed by atoms with E-state index < -0.39 is 22.0 Å². The Hall–Kier alpha value is -3.64. The normalized spacial score (nSPS) is 20.8. The number of rotatable bonds is 11. The fourth-order valence-electron chi connectivity index (χ4n) is 6.10. The van der Waals surface area contributed by atoms with Gasteiger partial charge in [0.2, 0.25) is 21.8 Å². The molecule has 43 heavy (non-hydrogen) atoms. The van der Waals surface area contributed by atoms with E-state index in [1.54, 1.807) is 29.2 Å². The third-order valence-electron chi connectivity index (χ3n) is 8.45. The molecule has 0 radical (unpaired) electrons. The summed E-state index contributed by atoms with van der Waals surface area (Å²) in [5.74, 6) is -0.669. The van der Waals surface area contributed by atoms with Gasteiger partial charge in [-0.2, -0.15) is 4.31 Å². The fourth-order valence-corrected chi connectivity index (χ4v) is 7.77. The van der Waals surface area contributed by atoms with Crippen LogP contribution in [0.3, 0.4) is 0 Å². The summed E-state index contributed by atoms with van der Waals surface area (Å²) in [6, 6.07) is 8.46. The number of anilines is 1. The summed E-state index contributed by atoms with van der Waals surface area (Å²) in [6.07, 6.45) is 4.38. The Morgan fingerprint density at radius 1 is 1.00 bits per heavy atom. The van der Waals surface area contributed by atoms with Crippen molar-refractivity contribution in [3.8, 4) is 11.5 Å². The van der Waals surface area contributed by atoms with Gasteiger partial charge in [0.15, 0.2) is 11.5 Å². The monoisotopic (exact) mass is 615 g/mol. The molecule has 2 N–H and O–H groups in total. The number of aryl methyl sites for hydroxylation is 1. The van der Waals surface area contributed by atoms with Crippen molar-refractivity contribution in [2.24, 2.45) is 5.92 Å². The van der Waals surface area contributed by atoms with E-state index in [4.69, 9.17) is 9.47 Å². The van der Waals surface area contributed by atoms with Gasteiger partial charge < -0.3 is 24.8 Å². The maximum absolute atomic E-state index is 13.9. The first-order valence-corrected chi connectivity index (χ1v) is 16.1. The molecule has 0 aromatic heterocycles. The maximum atomic E-state index is 13.9. The second kappa shape index (κ2) is 13.8. The third kappa shape index (κ3) is 7.13. The molecule has 2 unspecified atom stereocenters. The molecule has 1 saturated heterocycles. The van der Waals surface area contributed by atoms with E-state index in [0.717, 1.165) is 30.0 Å². The molecule has 12 heteroatoms. The van der Waals surface area contributed by atoms with Crippen molar-refractivity contribution in [2.75, 3.05) is 32.2 Å². The highest BCUT2D eigenvalue weighted by Crippen LogP contribution is 2.36. The first-order chi connectivity index (χ1) is 20.5. The molecule has 0 bridgehead atoms. The Kier molecular flexibility index (Phi) is 10.3. The van der Waals surface area contributed by atoms with E-state index in [9.17, 15) is 27.9 Å². The number of nitrogens with one attached hydrogen (secondary N) is 1. The molecule has 2 aromatic rings. The molecule has 2 fully saturated rings. The van der Waals surface area contributed by atoms with E-state index in [1.165, 1.54) is 26.4 Å². The largest absolute Gasteiger partial charge is 0.493 e. The van der Waals surface area contributed by atoms with E-state index in [1.807, 2.05) is 6.92 Å². The SMILES string of the molecule is COc1ccc(CC(=O)NCC(=O)N(c2cc(S(=O)(=O)N3CCC[C@H]3C(=O)O)ccc2C)C2CCCCC2C)cc1OC. The number of hydrogen-bond acceptors (Lipinski definition) is 7. The van der Waals surface area contributed by atoms with E-state index >= 15 is 0 Å². The number of carbonyl (C=O) groups is 3. The quantitative estimate of drug-likeness (QED) is 0.391. The van der Waals surface area contributed by atoms with Crippen molar-refractivity contribution in [1.82, 2.24) is 9.62 Å². The average Bonchev–Trinajstić information content (AvgIpc) is 3.50. The van der Waals surface area contributed by atoms with Crippen LogP contribution in [0.25, 0.3) is 0 Å². The number of carboxylic acid groups (broad SMARTS) is 1. The molecule has 3 atom stereocenters. The Morgan fingerprint density at radius 2 is 1.72 bits per heavy atom. The molecular weight excluding hydrogens is 574 g/mol. The molecule has 234 valence electrons. The number of carbonyl (C=O) groups excluding carboxylic acids is 2. The zero-order valence-electron chi connectivity index (χ0n) is 25.2. The first kappa shape index (κ1) is 32.3. The van der Waals surface area contributed by atoms with Crippen molar-refractivity contribution in [1.29, 1.82) is 0 Å². The Balaban J connectivity index is 1.59. The van der Waals surface area contributed by atoms with Crippen LogP contribution in [0.2, 0.25) is 0 Å². The van der Waals surface area contributed by atoms with Crippen LogP contribution >= 0.6 is 0 Å². The standard InChI is InChI=1S/C31H41N3O8S/c1-20-8-5-6-9-24(20)34(30(36)19-32-29(35)17-22-12-14-27(41-3)28(16-22)42-4)26-18-23(13-11-21(26)2)43(39,40)33-15-7-10-25(33)31(37)38/h11-14,16,18,20,24-25H,5-10,15,17,19H2,1-4H3,(H,32,35)(H,37,38)/t20?,24?,25-/m0/s1. The molecule has 1 heterocycles. The van der Waals surface area contributed by atoms with Crippen molar-refractivity contribution in [2.45, 2.75) is 75.8 Å². The number of hydrogen-bond donors (Lipinski definition) is 2. The minimum absolute atomic E-state index is 0.0286. The summed E-state index contributed by atoms with van der Waals surface area (Å²) in [6.45, 7) is 3.75. The molecule has 2 amide bonds. The molecular formula is C31H41N3O8S. The summed E-state index contributed by atoms with van der Waals surface area (Å²) in [5.41, 5.74) is 1.85. The zero-order chi connectivity index (χ0) is 31.3. The molecule has 1 saturated carbocycles. The number of ether oxygens (including phenoxy) is 2. The van der Waals surface area contributed by atoms with Gasteiger partial charge >= 0.3 is 5.97 Å². The van der Waals surface area contributed by atoms with E-state index in [-0.39, 0.29) is 54.6 Å². The highest BCUT2D eigenvalue weighted by Gasteiger charge is 2.40. The van der Waals surface area contributed by atoms with Crippen LogP contribution in [-0.4, -0.2) is 75.0 Å². The van der Waals surface area contributed by atoms with Crippen LogP contribution < -0.4 is 19.7 Å². The number of benzene rings is 2. The molecule has 2 aromatic carbocycles. The summed E-state index contributed by atoms with van der Waals surface area (Å²) in [4.78, 5) is 40.1. The maximum Gasteiger partial charge on any atom is 0.322 e. The smallest absolute Gasteiger partial charge is 0.322 e. The Morgan fingerprint density at radius 3 is 2.40 bits per heavy atom. The van der Waals surface area contributed by atoms with Crippen LogP contribution in [0.1, 0.15) is 56.6 Å². The molecule has 1 aliphatic carbocycles. The van der Waals surface area contributed by atoms with Crippen LogP contribution in [0.4, 0.5) is 5.69 Å². The van der Waals surface area contributed by atoms with Gasteiger partial charge in [-0.1, -0.05) is 31.9 Å². The number of carboxylic acids is 1. The van der Waals surface area contributed by atoms with Crippen molar-refractivity contribution in [3.05, 3.63) is 47.5 Å². The lowest BCUT2D eigenvalue weighted by Crippen LogP contribution is -2.50. The van der Waals surface area contributed by atoms with Crippen molar-refractivity contribution < 1.29 is 37.4 Å². The average molecular weight is 616 g/mol. The van der Waals surface area contributed by atoms with Crippen LogP contribution in [-0.2, 0) is 30.8 Å². The predicted molar refractivity (Wildman–Crippen MR) is 161 cm³/mol. The fraction of sp³-hybridized carbons (Fsp3) is 0.516. The molecule has 2 aliphatic rings. The van der Waals surface area contributed by atoms with Crippen LogP contribution in [0.5, 0.6) is 11.5 Å². The molecule has 0 spiro atoms. The van der Waals surface area contributed by atoms with Gasteiger partial charge in [-0.25, -0.2) is 8.42 Å². The summed E-state index contributed by atoms with van der Waals surface area (Å²) in [7, 11) is -1.08. The Bertz CT molecular complexity index is 1460. The van der Waals surface area contributed by atoms with Crippen LogP contribution in [0.15, 0.2) is 41.3 Å². The molecule has 4 rings (SSSR count). The molecule has 11 nitrogen and oxygen atoms in total. The van der Waals surface area contributed by atoms with E-state index in [0.29, 0.717) is 34.7 Å². The topological polar surface area (TPSA) is 143 Å². The number of amides is 2. The highest BCUT2D eigenvalue weighted by molar-refractivity contribution is 7.89. The van der Waals surface area contributed by atoms with Crippen molar-refractivity contribution >= 4 is 33.5 Å². The van der Waals surface area contributed by atoms with E-state index in [2.05, 4.69) is 12.2 Å². The number of aliphatic carboxylic acids is 1. The minimum Gasteiger partial charge on any atom is -0.493 e. The predicted octanol–water partition coefficient (Wildman–Crippen LogP) is 3.52. The molecule has 1 aliphatic heterocycles. The summed E-state index contributed by atoms with van der Waals surface area (Å²) in [5, 5.41) is 12.3. The number of nitrogens with zero attached hydrogens (tertiary/aromatic N) is 2. The van der Waals surface area contributed by atoms with Gasteiger partial charge in [0.05, 0.1) is 32.1 Å². The second-order valence-electron chi connectivity index (χ2n) is 11.3. The lowest BCUT2D eigenvalue weighted by atomic mass is 9.84. The van der Waals surface area contributed by atoms with Gasteiger partial charge in [0.1, 0.15) is 6.04 Å². The number of sulfonamides is 1. The van der Waals surface area contributed by atoms with Crippen LogP contribution in [0, 0.1) is 12.8 Å². The first-order valence-electron chi connectivity index (χ1n) is 14.6. The Labute approximate surface area is 253 Å². The van der Waals surface area contributed by atoms with Crippen molar-refractivity contribution in [3.63, 3.8) is 0 Å². The van der Waals surface area contributed by atoms with Gasteiger partial charge in [-0.3, -0.25) is 14.4 Å². The summed E-state index contributed by atoms with van der Waals surface area (Å²) >= 11 is 0. The third-order valence-corrected chi connectivity index (χ3v) is 10.4. The zero-order valence-corrected chi connectivity index (χ0v) is 26.0. The lowest BCUT2D eigenvalue weighted by molar-refractivity contribution is -0.140. The van der Waals surface area contributed by atoms with Gasteiger partial charge in [-0.15, -0.1) is 0 Å². The minimum atomic E-state index is -4.12. The van der Waals surface area contributed by atoms with Gasteiger partial charge in [-0.05, 0) is 73.9 Å². The second-order valence-corrected chi connectivity index (χ2v) is 13.2.